The molecular weight excluding hydrogens is 629 g/mol. The normalized spacial score (nSPS) is 11.6. The lowest BCUT2D eigenvalue weighted by molar-refractivity contribution is 0.669. The lowest BCUT2D eigenvalue weighted by Crippen LogP contribution is -2.13. The van der Waals surface area contributed by atoms with Crippen LogP contribution in [0, 0.1) is 0 Å². The second kappa shape index (κ2) is 11.7. The van der Waals surface area contributed by atoms with Gasteiger partial charge >= 0.3 is 0 Å². The molecule has 2 heterocycles. The Morgan fingerprint density at radius 2 is 0.960 bits per heavy atom. The summed E-state index contributed by atoms with van der Waals surface area (Å²) in [7, 11) is 0. The van der Waals surface area contributed by atoms with Gasteiger partial charge in [-0.05, 0) is 77.5 Å². The predicted molar refractivity (Wildman–Crippen MR) is 213 cm³/mol. The average molecular weight is 659 g/mol. The second-order valence-electron chi connectivity index (χ2n) is 12.6. The molecule has 0 spiro atoms. The molecule has 3 nitrogen and oxygen atoms in total. The fourth-order valence-corrected chi connectivity index (χ4v) is 8.54. The Bertz CT molecular complexity index is 2780. The molecule has 50 heavy (non-hydrogen) atoms. The fraction of sp³-hybridized carbons (Fsp3) is 0. The molecule has 0 unspecified atom stereocenters. The number of hydrogen-bond acceptors (Lipinski definition) is 4. The zero-order valence-corrected chi connectivity index (χ0v) is 27.8. The van der Waals surface area contributed by atoms with Crippen molar-refractivity contribution < 1.29 is 4.42 Å². The third-order valence-corrected chi connectivity index (χ3v) is 10.7. The van der Waals surface area contributed by atoms with Crippen LogP contribution < -0.4 is 9.80 Å². The van der Waals surface area contributed by atoms with Crippen LogP contribution in [0.15, 0.2) is 186 Å². The lowest BCUT2D eigenvalue weighted by atomic mass is 10.0. The minimum Gasteiger partial charge on any atom is -0.456 e. The van der Waals surface area contributed by atoms with Crippen LogP contribution in [0.2, 0.25) is 0 Å². The molecule has 236 valence electrons. The Morgan fingerprint density at radius 1 is 0.360 bits per heavy atom. The molecule has 0 aliphatic carbocycles. The Kier molecular flexibility index (Phi) is 6.68. The van der Waals surface area contributed by atoms with E-state index in [1.165, 1.54) is 30.9 Å². The average Bonchev–Trinajstić information content (AvgIpc) is 3.75. The van der Waals surface area contributed by atoms with Gasteiger partial charge in [0, 0.05) is 54.4 Å². The summed E-state index contributed by atoms with van der Waals surface area (Å²) in [4.78, 5) is 4.72. The Labute approximate surface area is 293 Å². The standard InChI is InChI=1S/C46H30N2OS/c1-4-15-32(16-5-1)47(33-17-6-2-7-18-33)36-28-40(46-42(29-36)49-41-27-24-31-14-10-11-21-37(31)45(41)46)48(34-19-8-3-9-20-34)35-25-26-39-38-22-12-13-23-43(38)50-44(39)30-35/h1-30H. The molecule has 0 atom stereocenters. The van der Waals surface area contributed by atoms with Gasteiger partial charge in [0.1, 0.15) is 11.2 Å². The molecule has 10 rings (SSSR count). The van der Waals surface area contributed by atoms with Gasteiger partial charge in [0.05, 0.1) is 16.8 Å². The molecule has 0 saturated carbocycles. The van der Waals surface area contributed by atoms with E-state index in [0.717, 1.165) is 56.1 Å². The van der Waals surface area contributed by atoms with E-state index >= 15 is 0 Å². The highest BCUT2D eigenvalue weighted by Gasteiger charge is 2.25. The number of hydrogen-bond donors (Lipinski definition) is 0. The number of anilines is 6. The summed E-state index contributed by atoms with van der Waals surface area (Å²) in [6, 6.07) is 64.8. The van der Waals surface area contributed by atoms with Crippen LogP contribution in [0.25, 0.3) is 52.9 Å². The van der Waals surface area contributed by atoms with Crippen LogP contribution in [0.5, 0.6) is 0 Å². The van der Waals surface area contributed by atoms with Crippen LogP contribution in [0.1, 0.15) is 0 Å². The number of nitrogens with zero attached hydrogens (tertiary/aromatic N) is 2. The van der Waals surface area contributed by atoms with E-state index in [4.69, 9.17) is 4.42 Å². The van der Waals surface area contributed by atoms with E-state index in [9.17, 15) is 0 Å². The Morgan fingerprint density at radius 3 is 1.68 bits per heavy atom. The van der Waals surface area contributed by atoms with Gasteiger partial charge in [-0.25, -0.2) is 0 Å². The zero-order valence-electron chi connectivity index (χ0n) is 27.0. The van der Waals surface area contributed by atoms with Crippen LogP contribution >= 0.6 is 11.3 Å². The highest BCUT2D eigenvalue weighted by Crippen LogP contribution is 2.49. The minimum atomic E-state index is 0.838. The summed E-state index contributed by atoms with van der Waals surface area (Å²) in [6.07, 6.45) is 0. The third-order valence-electron chi connectivity index (χ3n) is 9.59. The van der Waals surface area contributed by atoms with Crippen molar-refractivity contribution in [2.75, 3.05) is 9.80 Å². The highest BCUT2D eigenvalue weighted by molar-refractivity contribution is 7.25. The van der Waals surface area contributed by atoms with Gasteiger partial charge < -0.3 is 14.2 Å². The van der Waals surface area contributed by atoms with Crippen molar-refractivity contribution in [3.05, 3.63) is 182 Å². The zero-order chi connectivity index (χ0) is 33.0. The van der Waals surface area contributed by atoms with Gasteiger partial charge in [-0.2, -0.15) is 0 Å². The van der Waals surface area contributed by atoms with Crippen LogP contribution in [0.4, 0.5) is 34.1 Å². The topological polar surface area (TPSA) is 19.6 Å². The smallest absolute Gasteiger partial charge is 0.139 e. The molecule has 2 aromatic heterocycles. The molecule has 10 aromatic rings. The molecule has 0 radical (unpaired) electrons. The maximum atomic E-state index is 6.84. The predicted octanol–water partition coefficient (Wildman–Crippen LogP) is 14.0. The molecule has 0 N–H and O–H groups in total. The SMILES string of the molecule is c1ccc(N(c2ccccc2)c2cc(N(c3ccccc3)c3ccc4c(c3)sc3ccccc34)c3c(c2)oc2ccc4ccccc4c23)cc1. The fourth-order valence-electron chi connectivity index (χ4n) is 7.40. The first-order valence-corrected chi connectivity index (χ1v) is 17.7. The van der Waals surface area contributed by atoms with Gasteiger partial charge in [0.25, 0.3) is 0 Å². The van der Waals surface area contributed by atoms with Gasteiger partial charge in [0.2, 0.25) is 0 Å². The summed E-state index contributed by atoms with van der Waals surface area (Å²) in [5.74, 6) is 0. The van der Waals surface area contributed by atoms with Crippen LogP contribution in [0.3, 0.4) is 0 Å². The van der Waals surface area contributed by atoms with E-state index in [1.807, 2.05) is 11.3 Å². The quantitative estimate of drug-likeness (QED) is 0.177. The van der Waals surface area contributed by atoms with Gasteiger partial charge in [-0.1, -0.05) is 109 Å². The molecule has 0 fully saturated rings. The van der Waals surface area contributed by atoms with E-state index in [2.05, 4.69) is 192 Å². The number of rotatable bonds is 6. The van der Waals surface area contributed by atoms with Gasteiger partial charge in [0.15, 0.2) is 0 Å². The molecule has 0 amide bonds. The summed E-state index contributed by atoms with van der Waals surface area (Å²) in [5, 5.41) is 7.14. The number of benzene rings is 8. The lowest BCUT2D eigenvalue weighted by Gasteiger charge is -2.30. The third kappa shape index (κ3) is 4.65. The molecule has 0 bridgehead atoms. The number of fused-ring (bicyclic) bond motifs is 8. The van der Waals surface area contributed by atoms with E-state index in [-0.39, 0.29) is 0 Å². The monoisotopic (exact) mass is 658 g/mol. The van der Waals surface area contributed by atoms with E-state index in [1.54, 1.807) is 0 Å². The molecule has 0 aliphatic heterocycles. The van der Waals surface area contributed by atoms with Crippen LogP contribution in [-0.2, 0) is 0 Å². The molecule has 0 aliphatic rings. The number of para-hydroxylation sites is 3. The van der Waals surface area contributed by atoms with Crippen molar-refractivity contribution in [3.8, 4) is 0 Å². The van der Waals surface area contributed by atoms with Crippen molar-refractivity contribution >= 4 is 98.3 Å². The van der Waals surface area contributed by atoms with E-state index in [0.29, 0.717) is 0 Å². The van der Waals surface area contributed by atoms with Crippen molar-refractivity contribution in [1.82, 2.24) is 0 Å². The maximum Gasteiger partial charge on any atom is 0.139 e. The Hall–Kier alpha value is -6.36. The molecule has 0 saturated heterocycles. The van der Waals surface area contributed by atoms with Crippen molar-refractivity contribution in [1.29, 1.82) is 0 Å². The first-order valence-electron chi connectivity index (χ1n) is 16.8. The number of thiophene rings is 1. The van der Waals surface area contributed by atoms with Crippen molar-refractivity contribution in [2.24, 2.45) is 0 Å². The summed E-state index contributed by atoms with van der Waals surface area (Å²) < 4.78 is 9.40. The van der Waals surface area contributed by atoms with Crippen molar-refractivity contribution in [3.63, 3.8) is 0 Å². The summed E-state index contributed by atoms with van der Waals surface area (Å²) >= 11 is 1.84. The van der Waals surface area contributed by atoms with Crippen LogP contribution in [-0.4, -0.2) is 0 Å². The van der Waals surface area contributed by atoms with E-state index < -0.39 is 0 Å². The first-order chi connectivity index (χ1) is 24.8. The highest BCUT2D eigenvalue weighted by atomic mass is 32.1. The number of furan rings is 1. The maximum absolute atomic E-state index is 6.84. The Balaban J connectivity index is 1.32. The molecule has 4 heteroatoms. The summed E-state index contributed by atoms with van der Waals surface area (Å²) in [5.41, 5.74) is 8.09. The molecular formula is C46H30N2OS. The summed E-state index contributed by atoms with van der Waals surface area (Å²) in [6.45, 7) is 0. The molecule has 8 aromatic carbocycles. The van der Waals surface area contributed by atoms with Gasteiger partial charge in [-0.15, -0.1) is 11.3 Å². The van der Waals surface area contributed by atoms with Gasteiger partial charge in [-0.3, -0.25) is 0 Å². The second-order valence-corrected chi connectivity index (χ2v) is 13.6. The first kappa shape index (κ1) is 28.6. The minimum absolute atomic E-state index is 0.838. The largest absolute Gasteiger partial charge is 0.456 e. The van der Waals surface area contributed by atoms with Crippen molar-refractivity contribution in [2.45, 2.75) is 0 Å².